The molecule has 0 aromatic carbocycles. The minimum Gasteiger partial charge on any atom is -0.467 e. The van der Waals surface area contributed by atoms with Crippen molar-refractivity contribution >= 4 is 33.2 Å². The summed E-state index contributed by atoms with van der Waals surface area (Å²) in [7, 11) is -3.71. The van der Waals surface area contributed by atoms with E-state index in [2.05, 4.69) is 10.6 Å². The first-order valence-corrected chi connectivity index (χ1v) is 10.6. The Morgan fingerprint density at radius 3 is 2.74 bits per heavy atom. The molecule has 11 heteroatoms. The van der Waals surface area contributed by atoms with Crippen LogP contribution in [0.3, 0.4) is 0 Å². The third kappa shape index (κ3) is 4.75. The summed E-state index contributed by atoms with van der Waals surface area (Å²) in [6.45, 7) is 0.614. The van der Waals surface area contributed by atoms with Gasteiger partial charge in [-0.1, -0.05) is 6.07 Å². The summed E-state index contributed by atoms with van der Waals surface area (Å²) in [5, 5.41) is 6.52. The highest BCUT2D eigenvalue weighted by molar-refractivity contribution is 7.91. The molecule has 1 aliphatic heterocycles. The summed E-state index contributed by atoms with van der Waals surface area (Å²) in [5.74, 6) is -1.20. The molecule has 9 nitrogen and oxygen atoms in total. The van der Waals surface area contributed by atoms with Gasteiger partial charge in [-0.3, -0.25) is 9.59 Å². The number of carbonyl (C=O) groups excluding carboxylic acids is 2. The van der Waals surface area contributed by atoms with Crippen LogP contribution in [0.25, 0.3) is 0 Å². The molecule has 27 heavy (non-hydrogen) atoms. The first kappa shape index (κ1) is 19.5. The largest absolute Gasteiger partial charge is 0.467 e. The maximum absolute atomic E-state index is 12.7. The molecule has 0 radical (unpaired) electrons. The Morgan fingerprint density at radius 2 is 2.04 bits per heavy atom. The third-order valence-electron chi connectivity index (χ3n) is 3.86. The quantitative estimate of drug-likeness (QED) is 0.667. The number of nitrogens with zero attached hydrogens (tertiary/aromatic N) is 1. The molecule has 0 unspecified atom stereocenters. The molecule has 2 amide bonds. The van der Waals surface area contributed by atoms with Gasteiger partial charge in [0.1, 0.15) is 16.2 Å². The van der Waals surface area contributed by atoms with Crippen LogP contribution in [-0.2, 0) is 30.9 Å². The minimum absolute atomic E-state index is 0.0814. The third-order valence-corrected chi connectivity index (χ3v) is 7.12. The van der Waals surface area contributed by atoms with Crippen molar-refractivity contribution in [1.29, 1.82) is 0 Å². The summed E-state index contributed by atoms with van der Waals surface area (Å²) in [5.41, 5.74) is 0. The van der Waals surface area contributed by atoms with E-state index in [1.165, 1.54) is 16.6 Å². The van der Waals surface area contributed by atoms with E-state index in [0.717, 1.165) is 11.3 Å². The number of hydrogen-bond donors (Lipinski definition) is 2. The van der Waals surface area contributed by atoms with Crippen LogP contribution in [0.2, 0.25) is 0 Å². The van der Waals surface area contributed by atoms with E-state index in [-0.39, 0.29) is 23.8 Å². The van der Waals surface area contributed by atoms with Crippen LogP contribution in [-0.4, -0.2) is 50.5 Å². The van der Waals surface area contributed by atoms with E-state index >= 15 is 0 Å². The highest BCUT2D eigenvalue weighted by Crippen LogP contribution is 2.25. The van der Waals surface area contributed by atoms with Gasteiger partial charge in [-0.05, 0) is 30.0 Å². The molecule has 0 bridgehead atoms. The van der Waals surface area contributed by atoms with Gasteiger partial charge in [-0.15, -0.1) is 11.3 Å². The van der Waals surface area contributed by atoms with E-state index in [1.54, 1.807) is 23.6 Å². The van der Waals surface area contributed by atoms with E-state index in [0.29, 0.717) is 18.8 Å². The molecule has 1 aliphatic rings. The van der Waals surface area contributed by atoms with Crippen molar-refractivity contribution in [3.63, 3.8) is 0 Å². The molecule has 3 rings (SSSR count). The summed E-state index contributed by atoms with van der Waals surface area (Å²) < 4.78 is 37.5. The Morgan fingerprint density at radius 1 is 1.22 bits per heavy atom. The standard InChI is InChI=1S/C16H19N3O6S2/c20-15(17-10-12-4-1-7-24-12)16(21)18-11-13-19(6-3-8-25-13)27(22,23)14-5-2-9-26-14/h1-2,4-5,7,9,13H,3,6,8,10-11H2,(H,17,20)(H,18,21)/t13-/m0/s1. The molecule has 0 spiro atoms. The molecule has 146 valence electrons. The molecule has 2 aromatic rings. The molecule has 3 heterocycles. The van der Waals surface area contributed by atoms with Crippen molar-refractivity contribution in [1.82, 2.24) is 14.9 Å². The van der Waals surface area contributed by atoms with Crippen molar-refractivity contribution in [2.75, 3.05) is 19.7 Å². The normalized spacial score (nSPS) is 18.1. The van der Waals surface area contributed by atoms with E-state index < -0.39 is 28.1 Å². The number of hydrogen-bond acceptors (Lipinski definition) is 7. The fourth-order valence-corrected chi connectivity index (χ4v) is 5.23. The Kier molecular flexibility index (Phi) is 6.26. The fourth-order valence-electron chi connectivity index (χ4n) is 2.55. The lowest BCUT2D eigenvalue weighted by molar-refractivity contribution is -0.140. The predicted octanol–water partition coefficient (Wildman–Crippen LogP) is 0.511. The zero-order chi connectivity index (χ0) is 19.3. The Labute approximate surface area is 160 Å². The number of nitrogens with one attached hydrogen (secondary N) is 2. The number of thiophene rings is 1. The van der Waals surface area contributed by atoms with Crippen LogP contribution in [0, 0.1) is 0 Å². The second-order valence-electron chi connectivity index (χ2n) is 5.70. The lowest BCUT2D eigenvalue weighted by atomic mass is 10.3. The lowest BCUT2D eigenvalue weighted by Crippen LogP contribution is -2.52. The molecular formula is C16H19N3O6S2. The topological polar surface area (TPSA) is 118 Å². The van der Waals surface area contributed by atoms with Crippen LogP contribution < -0.4 is 10.6 Å². The number of furan rings is 1. The van der Waals surface area contributed by atoms with Crippen LogP contribution in [0.1, 0.15) is 12.2 Å². The van der Waals surface area contributed by atoms with Crippen molar-refractivity contribution in [3.05, 3.63) is 41.7 Å². The van der Waals surface area contributed by atoms with Gasteiger partial charge in [0, 0.05) is 6.54 Å². The molecule has 0 aliphatic carbocycles. The highest BCUT2D eigenvalue weighted by Gasteiger charge is 2.35. The number of amides is 2. The van der Waals surface area contributed by atoms with E-state index in [1.807, 2.05) is 0 Å². The number of ether oxygens (including phenoxy) is 1. The summed E-state index contributed by atoms with van der Waals surface area (Å²) in [6, 6.07) is 6.51. The van der Waals surface area contributed by atoms with E-state index in [4.69, 9.17) is 9.15 Å². The predicted molar refractivity (Wildman–Crippen MR) is 96.1 cm³/mol. The van der Waals surface area contributed by atoms with Crippen LogP contribution >= 0.6 is 11.3 Å². The SMILES string of the molecule is O=C(NCc1ccco1)C(=O)NC[C@@H]1OCCCN1S(=O)(=O)c1cccs1. The second-order valence-corrected chi connectivity index (χ2v) is 8.76. The summed E-state index contributed by atoms with van der Waals surface area (Å²) in [6.07, 6.45) is 1.15. The average molecular weight is 413 g/mol. The zero-order valence-electron chi connectivity index (χ0n) is 14.3. The van der Waals surface area contributed by atoms with Gasteiger partial charge in [0.25, 0.3) is 10.0 Å². The molecular weight excluding hydrogens is 394 g/mol. The van der Waals surface area contributed by atoms with Gasteiger partial charge in [0.05, 0.1) is 26.0 Å². The van der Waals surface area contributed by atoms with Crippen LogP contribution in [0.5, 0.6) is 0 Å². The smallest absolute Gasteiger partial charge is 0.309 e. The molecule has 1 atom stereocenters. The van der Waals surface area contributed by atoms with Gasteiger partial charge < -0.3 is 19.8 Å². The summed E-state index contributed by atoms with van der Waals surface area (Å²) in [4.78, 5) is 23.8. The van der Waals surface area contributed by atoms with Crippen LogP contribution in [0.4, 0.5) is 0 Å². The fraction of sp³-hybridized carbons (Fsp3) is 0.375. The Bertz CT molecular complexity index is 864. The van der Waals surface area contributed by atoms with Gasteiger partial charge in [0.2, 0.25) is 0 Å². The van der Waals surface area contributed by atoms with Crippen LogP contribution in [0.15, 0.2) is 44.5 Å². The summed E-state index contributed by atoms with van der Waals surface area (Å²) >= 11 is 1.11. The number of carbonyl (C=O) groups is 2. The first-order valence-electron chi connectivity index (χ1n) is 8.24. The Balaban J connectivity index is 1.56. The van der Waals surface area contributed by atoms with Crippen molar-refractivity contribution < 1.29 is 27.2 Å². The maximum Gasteiger partial charge on any atom is 0.309 e. The van der Waals surface area contributed by atoms with Gasteiger partial charge >= 0.3 is 11.8 Å². The van der Waals surface area contributed by atoms with Crippen molar-refractivity contribution in [2.24, 2.45) is 0 Å². The minimum atomic E-state index is -3.71. The zero-order valence-corrected chi connectivity index (χ0v) is 15.9. The molecule has 1 saturated heterocycles. The molecule has 1 fully saturated rings. The first-order chi connectivity index (χ1) is 13.0. The monoisotopic (exact) mass is 413 g/mol. The molecule has 2 N–H and O–H groups in total. The molecule has 0 saturated carbocycles. The number of sulfonamides is 1. The Hall–Kier alpha value is -2.21. The second kappa shape index (κ2) is 8.65. The molecule has 2 aromatic heterocycles. The van der Waals surface area contributed by atoms with E-state index in [9.17, 15) is 18.0 Å². The van der Waals surface area contributed by atoms with Gasteiger partial charge in [-0.2, -0.15) is 4.31 Å². The average Bonchev–Trinajstić information content (AvgIpc) is 3.38. The lowest BCUT2D eigenvalue weighted by Gasteiger charge is -2.34. The van der Waals surface area contributed by atoms with Gasteiger partial charge in [0.15, 0.2) is 0 Å². The maximum atomic E-state index is 12.7. The van der Waals surface area contributed by atoms with Gasteiger partial charge in [-0.25, -0.2) is 8.42 Å². The van der Waals surface area contributed by atoms with Crippen molar-refractivity contribution in [2.45, 2.75) is 23.4 Å². The van der Waals surface area contributed by atoms with Crippen molar-refractivity contribution in [3.8, 4) is 0 Å². The highest BCUT2D eigenvalue weighted by atomic mass is 32.2. The number of rotatable bonds is 6.